The van der Waals surface area contributed by atoms with E-state index in [0.29, 0.717) is 34.9 Å². The maximum Gasteiger partial charge on any atom is 0.262 e. The Balaban J connectivity index is 1.58. The molecule has 0 saturated carbocycles. The maximum absolute atomic E-state index is 12.2. The molecule has 0 radical (unpaired) electrons. The van der Waals surface area contributed by atoms with Crippen LogP contribution in [0, 0.1) is 5.41 Å². The minimum absolute atomic E-state index is 0.207. The number of amidine groups is 1. The van der Waals surface area contributed by atoms with Crippen molar-refractivity contribution in [1.82, 2.24) is 5.32 Å². The number of methoxy groups -OCH3 is 2. The molecule has 1 amide bonds. The molecule has 0 spiro atoms. The smallest absolute Gasteiger partial charge is 0.262 e. The van der Waals surface area contributed by atoms with Crippen LogP contribution in [0.2, 0.25) is 0 Å². The van der Waals surface area contributed by atoms with Gasteiger partial charge >= 0.3 is 0 Å². The topological polar surface area (TPSA) is 134 Å². The molecule has 9 heteroatoms. The summed E-state index contributed by atoms with van der Waals surface area (Å²) in [6.45, 7) is 0.351. The van der Waals surface area contributed by atoms with Crippen LogP contribution in [0.4, 0.5) is 11.4 Å². The van der Waals surface area contributed by atoms with Gasteiger partial charge in [-0.3, -0.25) is 15.5 Å². The number of nitrogens with zero attached hydrogens (tertiary/aromatic N) is 2. The molecule has 0 unspecified atom stereocenters. The number of rotatable bonds is 6. The van der Waals surface area contributed by atoms with E-state index in [1.165, 1.54) is 0 Å². The quantitative estimate of drug-likeness (QED) is 0.548. The van der Waals surface area contributed by atoms with Gasteiger partial charge in [-0.15, -0.1) is 0 Å². The number of aliphatic imine (C=N–C) groups is 2. The number of benzene rings is 2. The number of nitrogens with one attached hydrogen (secondary N) is 3. The van der Waals surface area contributed by atoms with Gasteiger partial charge in [0.25, 0.3) is 5.91 Å². The van der Waals surface area contributed by atoms with Gasteiger partial charge in [-0.2, -0.15) is 4.99 Å². The lowest BCUT2D eigenvalue weighted by Gasteiger charge is -2.15. The first-order valence-electron chi connectivity index (χ1n) is 9.12. The summed E-state index contributed by atoms with van der Waals surface area (Å²) in [5.41, 5.74) is 10.2. The number of nitrogen functional groups attached to an aromatic ring is 1. The normalized spacial score (nSPS) is 14.9. The van der Waals surface area contributed by atoms with Gasteiger partial charge in [0.2, 0.25) is 5.96 Å². The van der Waals surface area contributed by atoms with E-state index in [0.717, 1.165) is 16.8 Å². The molecule has 5 N–H and O–H groups in total. The first-order chi connectivity index (χ1) is 14.5. The number of ether oxygens (including phenoxy) is 2. The molecule has 2 aliphatic heterocycles. The van der Waals surface area contributed by atoms with Gasteiger partial charge in [0.05, 0.1) is 31.2 Å². The molecule has 30 heavy (non-hydrogen) atoms. The second kappa shape index (κ2) is 7.70. The summed E-state index contributed by atoms with van der Waals surface area (Å²) >= 11 is 0. The predicted octanol–water partition coefficient (Wildman–Crippen LogP) is 2.21. The second-order valence-corrected chi connectivity index (χ2v) is 6.62. The third kappa shape index (κ3) is 3.48. The lowest BCUT2D eigenvalue weighted by atomic mass is 10.0. The summed E-state index contributed by atoms with van der Waals surface area (Å²) in [5.74, 6) is 0.937. The lowest BCUT2D eigenvalue weighted by molar-refractivity contribution is -0.115. The van der Waals surface area contributed by atoms with E-state index in [-0.39, 0.29) is 17.7 Å². The molecule has 0 atom stereocenters. The molecule has 0 bridgehead atoms. The van der Waals surface area contributed by atoms with Crippen molar-refractivity contribution < 1.29 is 14.3 Å². The summed E-state index contributed by atoms with van der Waals surface area (Å²) in [5, 5.41) is 13.2. The highest BCUT2D eigenvalue weighted by Gasteiger charge is 2.29. The van der Waals surface area contributed by atoms with Crippen molar-refractivity contribution >= 4 is 35.3 Å². The van der Waals surface area contributed by atoms with Gasteiger partial charge in [0.15, 0.2) is 5.84 Å². The summed E-state index contributed by atoms with van der Waals surface area (Å²) in [6.07, 6.45) is 1.58. The van der Waals surface area contributed by atoms with Crippen molar-refractivity contribution in [2.24, 2.45) is 9.98 Å². The molecular formula is C21H20N6O3. The zero-order valence-corrected chi connectivity index (χ0v) is 16.4. The van der Waals surface area contributed by atoms with Crippen LogP contribution in [0.25, 0.3) is 11.1 Å². The third-order valence-corrected chi connectivity index (χ3v) is 4.80. The number of fused-ring (bicyclic) bond motifs is 1. The minimum atomic E-state index is -0.376. The minimum Gasteiger partial charge on any atom is -0.495 e. The van der Waals surface area contributed by atoms with Crippen molar-refractivity contribution in [1.29, 1.82) is 5.41 Å². The molecule has 0 fully saturated rings. The van der Waals surface area contributed by atoms with Gasteiger partial charge in [-0.05, 0) is 35.4 Å². The fourth-order valence-corrected chi connectivity index (χ4v) is 3.28. The van der Waals surface area contributed by atoms with Crippen LogP contribution in [0.5, 0.6) is 11.5 Å². The number of hydrogen-bond acceptors (Lipinski definition) is 7. The monoisotopic (exact) mass is 404 g/mol. The first kappa shape index (κ1) is 19.2. The predicted molar refractivity (Wildman–Crippen MR) is 117 cm³/mol. The fourth-order valence-electron chi connectivity index (χ4n) is 3.28. The number of guanidine groups is 1. The van der Waals surface area contributed by atoms with E-state index in [1.54, 1.807) is 26.5 Å². The van der Waals surface area contributed by atoms with E-state index < -0.39 is 0 Å². The number of hydrogen-bond donors (Lipinski definition) is 4. The Bertz CT molecular complexity index is 1150. The van der Waals surface area contributed by atoms with Crippen LogP contribution in [-0.4, -0.2) is 44.7 Å². The van der Waals surface area contributed by atoms with Crippen molar-refractivity contribution in [3.63, 3.8) is 0 Å². The standard InChI is InChI=1S/C21H20N6O3/c1-29-16-7-11(3-5-14(16)22)12-4-6-15(17(8-12)30-2)24-9-13-10-25-19-18(13)20(28)27-21(23)26-19/h3-8,10,24H,9,22H2,1-2H3,(H2,23,27,28). The van der Waals surface area contributed by atoms with E-state index in [9.17, 15) is 4.79 Å². The van der Waals surface area contributed by atoms with Crippen LogP contribution in [0.15, 0.2) is 57.5 Å². The van der Waals surface area contributed by atoms with Gasteiger partial charge < -0.3 is 20.5 Å². The average molecular weight is 404 g/mol. The molecule has 2 aliphatic rings. The zero-order valence-electron chi connectivity index (χ0n) is 16.4. The molecule has 0 aliphatic carbocycles. The molecule has 0 aromatic heterocycles. The molecule has 2 aromatic carbocycles. The molecule has 0 saturated heterocycles. The number of carbonyl (C=O) groups is 1. The van der Waals surface area contributed by atoms with Crippen LogP contribution in [0.1, 0.15) is 0 Å². The Hall–Kier alpha value is -4.14. The van der Waals surface area contributed by atoms with E-state index in [2.05, 4.69) is 20.6 Å². The maximum atomic E-state index is 12.2. The first-order valence-corrected chi connectivity index (χ1v) is 9.12. The lowest BCUT2D eigenvalue weighted by Crippen LogP contribution is -2.37. The van der Waals surface area contributed by atoms with Crippen LogP contribution < -0.4 is 25.8 Å². The zero-order chi connectivity index (χ0) is 21.3. The summed E-state index contributed by atoms with van der Waals surface area (Å²) in [7, 11) is 3.17. The largest absolute Gasteiger partial charge is 0.495 e. The van der Waals surface area contributed by atoms with Gasteiger partial charge in [0.1, 0.15) is 11.5 Å². The molecule has 152 valence electrons. The average Bonchev–Trinajstić information content (AvgIpc) is 3.15. The Morgan fingerprint density at radius 1 is 1.10 bits per heavy atom. The van der Waals surface area contributed by atoms with Gasteiger partial charge in [-0.1, -0.05) is 12.1 Å². The Morgan fingerprint density at radius 3 is 2.53 bits per heavy atom. The Morgan fingerprint density at radius 2 is 1.80 bits per heavy atom. The Kier molecular flexibility index (Phi) is 4.93. The number of carbonyl (C=O) groups excluding carboxylic acids is 1. The second-order valence-electron chi connectivity index (χ2n) is 6.62. The van der Waals surface area contributed by atoms with Gasteiger partial charge in [-0.25, -0.2) is 4.99 Å². The number of amides is 1. The van der Waals surface area contributed by atoms with Crippen molar-refractivity contribution in [2.75, 3.05) is 31.8 Å². The summed E-state index contributed by atoms with van der Waals surface area (Å²) < 4.78 is 10.8. The SMILES string of the molecule is COc1cc(-c2ccc(NCC3=C4C(=O)NC(=N)N=C4N=C3)c(OC)c2)ccc1N. The van der Waals surface area contributed by atoms with Crippen LogP contribution in [-0.2, 0) is 4.79 Å². The Labute approximate surface area is 172 Å². The number of nitrogens with two attached hydrogens (primary N) is 1. The van der Waals surface area contributed by atoms with Crippen molar-refractivity contribution in [2.45, 2.75) is 0 Å². The van der Waals surface area contributed by atoms with Gasteiger partial charge in [0, 0.05) is 18.3 Å². The van der Waals surface area contributed by atoms with E-state index in [1.807, 2.05) is 30.3 Å². The molecule has 9 nitrogen and oxygen atoms in total. The highest BCUT2D eigenvalue weighted by atomic mass is 16.5. The highest BCUT2D eigenvalue weighted by molar-refractivity contribution is 6.35. The highest BCUT2D eigenvalue weighted by Crippen LogP contribution is 2.34. The molecule has 2 heterocycles. The molecular weight excluding hydrogens is 384 g/mol. The van der Waals surface area contributed by atoms with Crippen molar-refractivity contribution in [3.05, 3.63) is 47.5 Å². The summed E-state index contributed by atoms with van der Waals surface area (Å²) in [6, 6.07) is 11.4. The van der Waals surface area contributed by atoms with E-state index in [4.69, 9.17) is 20.6 Å². The van der Waals surface area contributed by atoms with Crippen LogP contribution in [0.3, 0.4) is 0 Å². The van der Waals surface area contributed by atoms with Crippen LogP contribution >= 0.6 is 0 Å². The van der Waals surface area contributed by atoms with E-state index >= 15 is 0 Å². The number of anilines is 2. The molecule has 2 aromatic rings. The van der Waals surface area contributed by atoms with Crippen molar-refractivity contribution in [3.8, 4) is 22.6 Å². The fraction of sp³-hybridized carbons (Fsp3) is 0.143. The summed E-state index contributed by atoms with van der Waals surface area (Å²) in [4.78, 5) is 20.2. The third-order valence-electron chi connectivity index (χ3n) is 4.80. The molecule has 4 rings (SSSR count).